The van der Waals surface area contributed by atoms with Gasteiger partial charge < -0.3 is 0 Å². The second-order valence-electron chi connectivity index (χ2n) is 6.53. The maximum absolute atomic E-state index is 14.9. The van der Waals surface area contributed by atoms with Crippen molar-refractivity contribution >= 4 is 0 Å². The minimum Gasteiger partial charge on any atom is -0.256 e. The molecular formula is C21H15FN2. The lowest BCUT2D eigenvalue weighted by Crippen LogP contribution is -2.18. The van der Waals surface area contributed by atoms with Gasteiger partial charge in [0, 0.05) is 22.7 Å². The third-order valence-corrected chi connectivity index (χ3v) is 4.81. The maximum atomic E-state index is 14.9. The summed E-state index contributed by atoms with van der Waals surface area (Å²) < 4.78 is 14.9. The average molecular weight is 314 g/mol. The van der Waals surface area contributed by atoms with E-state index in [4.69, 9.17) is 5.26 Å². The SMILES string of the molecule is CC1(C)c2c(-c3ccccn3)cccc2-c2ccc(C#N)c(F)c21. The first kappa shape index (κ1) is 14.6. The number of aromatic nitrogens is 1. The fourth-order valence-corrected chi connectivity index (χ4v) is 3.81. The summed E-state index contributed by atoms with van der Waals surface area (Å²) in [6, 6.07) is 17.2. The molecule has 0 bridgehead atoms. The molecule has 4 rings (SSSR count). The normalized spacial score (nSPS) is 13.9. The highest BCUT2D eigenvalue weighted by Gasteiger charge is 2.40. The Morgan fingerprint density at radius 3 is 2.38 bits per heavy atom. The first-order valence-electron chi connectivity index (χ1n) is 7.84. The van der Waals surface area contributed by atoms with E-state index in [0.717, 1.165) is 27.9 Å². The smallest absolute Gasteiger partial charge is 0.145 e. The molecule has 0 fully saturated rings. The molecule has 3 aromatic rings. The molecule has 24 heavy (non-hydrogen) atoms. The van der Waals surface area contributed by atoms with Gasteiger partial charge in [0.2, 0.25) is 0 Å². The lowest BCUT2D eigenvalue weighted by molar-refractivity contribution is 0.557. The minimum absolute atomic E-state index is 0.0917. The topological polar surface area (TPSA) is 36.7 Å². The molecule has 0 spiro atoms. The Labute approximate surface area is 140 Å². The van der Waals surface area contributed by atoms with E-state index in [-0.39, 0.29) is 5.56 Å². The molecule has 0 radical (unpaired) electrons. The van der Waals surface area contributed by atoms with Gasteiger partial charge in [-0.15, -0.1) is 0 Å². The van der Waals surface area contributed by atoms with Crippen LogP contribution in [0.15, 0.2) is 54.7 Å². The van der Waals surface area contributed by atoms with Crippen LogP contribution >= 0.6 is 0 Å². The number of pyridine rings is 1. The summed E-state index contributed by atoms with van der Waals surface area (Å²) in [7, 11) is 0. The number of nitrogens with zero attached hydrogens (tertiary/aromatic N) is 2. The van der Waals surface area contributed by atoms with Gasteiger partial charge >= 0.3 is 0 Å². The monoisotopic (exact) mass is 314 g/mol. The van der Waals surface area contributed by atoms with E-state index in [1.807, 2.05) is 62.4 Å². The fraction of sp³-hybridized carbons (Fsp3) is 0.143. The summed E-state index contributed by atoms with van der Waals surface area (Å²) in [6.45, 7) is 4.02. The Bertz CT molecular complexity index is 998. The molecule has 1 aromatic heterocycles. The third-order valence-electron chi connectivity index (χ3n) is 4.81. The van der Waals surface area contributed by atoms with Crippen molar-refractivity contribution in [2.75, 3.05) is 0 Å². The molecule has 1 heterocycles. The summed E-state index contributed by atoms with van der Waals surface area (Å²) >= 11 is 0. The first-order valence-corrected chi connectivity index (χ1v) is 7.84. The van der Waals surface area contributed by atoms with Crippen molar-refractivity contribution in [1.29, 1.82) is 5.26 Å². The molecule has 0 aliphatic heterocycles. The number of hydrogen-bond donors (Lipinski definition) is 0. The molecule has 116 valence electrons. The Kier molecular flexibility index (Phi) is 3.04. The predicted octanol–water partition coefficient (Wildman–Crippen LogP) is 5.07. The highest BCUT2D eigenvalue weighted by molar-refractivity contribution is 5.87. The quantitative estimate of drug-likeness (QED) is 0.629. The zero-order valence-corrected chi connectivity index (χ0v) is 13.5. The molecule has 3 heteroatoms. The van der Waals surface area contributed by atoms with Gasteiger partial charge in [-0.2, -0.15) is 5.26 Å². The van der Waals surface area contributed by atoms with Crippen LogP contribution in [0, 0.1) is 17.1 Å². The maximum Gasteiger partial charge on any atom is 0.145 e. The van der Waals surface area contributed by atoms with Crippen LogP contribution in [-0.2, 0) is 5.41 Å². The van der Waals surface area contributed by atoms with Gasteiger partial charge in [0.15, 0.2) is 0 Å². The summed E-state index contributed by atoms with van der Waals surface area (Å²) in [6.07, 6.45) is 1.76. The molecule has 1 aliphatic carbocycles. The Balaban J connectivity index is 2.07. The van der Waals surface area contributed by atoms with E-state index in [1.165, 1.54) is 0 Å². The van der Waals surface area contributed by atoms with Gasteiger partial charge in [-0.3, -0.25) is 4.98 Å². The number of halogens is 1. The summed E-state index contributed by atoms with van der Waals surface area (Å²) in [5, 5.41) is 9.17. The van der Waals surface area contributed by atoms with Crippen molar-refractivity contribution in [3.63, 3.8) is 0 Å². The second kappa shape index (κ2) is 5.01. The van der Waals surface area contributed by atoms with Crippen LogP contribution < -0.4 is 0 Å². The van der Waals surface area contributed by atoms with E-state index in [0.29, 0.717) is 5.56 Å². The van der Waals surface area contributed by atoms with Crippen molar-refractivity contribution in [3.05, 3.63) is 77.2 Å². The molecule has 0 saturated heterocycles. The van der Waals surface area contributed by atoms with Crippen molar-refractivity contribution < 1.29 is 4.39 Å². The molecule has 0 unspecified atom stereocenters. The van der Waals surface area contributed by atoms with Crippen LogP contribution in [0.3, 0.4) is 0 Å². The highest BCUT2D eigenvalue weighted by Crippen LogP contribution is 2.52. The summed E-state index contributed by atoms with van der Waals surface area (Å²) in [5.74, 6) is -0.414. The summed E-state index contributed by atoms with van der Waals surface area (Å²) in [5.41, 5.74) is 4.98. The number of nitriles is 1. The molecule has 2 aromatic carbocycles. The van der Waals surface area contributed by atoms with Crippen LogP contribution in [0.2, 0.25) is 0 Å². The van der Waals surface area contributed by atoms with E-state index >= 15 is 0 Å². The highest BCUT2D eigenvalue weighted by atomic mass is 19.1. The number of fused-ring (bicyclic) bond motifs is 3. The van der Waals surface area contributed by atoms with Crippen molar-refractivity contribution in [1.82, 2.24) is 4.98 Å². The Hall–Kier alpha value is -2.99. The average Bonchev–Trinajstić information content (AvgIpc) is 2.84. The standard InChI is InChI=1S/C21H15FN2/c1-21(2)18-14(15-10-9-13(12-23)20(22)19(15)21)6-5-7-16(18)17-8-3-4-11-24-17/h3-11H,1-2H3. The van der Waals surface area contributed by atoms with Crippen molar-refractivity contribution in [2.24, 2.45) is 0 Å². The molecule has 1 aliphatic rings. The largest absolute Gasteiger partial charge is 0.256 e. The van der Waals surface area contributed by atoms with Crippen LogP contribution in [0.4, 0.5) is 4.39 Å². The van der Waals surface area contributed by atoms with Gasteiger partial charge in [-0.1, -0.05) is 44.2 Å². The molecular weight excluding hydrogens is 299 g/mol. The van der Waals surface area contributed by atoms with Crippen molar-refractivity contribution in [3.8, 4) is 28.5 Å². The zero-order chi connectivity index (χ0) is 16.9. The van der Waals surface area contributed by atoms with E-state index in [2.05, 4.69) is 4.98 Å². The predicted molar refractivity (Wildman–Crippen MR) is 91.9 cm³/mol. The van der Waals surface area contributed by atoms with Crippen LogP contribution in [0.25, 0.3) is 22.4 Å². The molecule has 2 nitrogen and oxygen atoms in total. The third kappa shape index (κ3) is 1.83. The van der Waals surface area contributed by atoms with Crippen molar-refractivity contribution in [2.45, 2.75) is 19.3 Å². The first-order chi connectivity index (χ1) is 11.6. The molecule has 0 saturated carbocycles. The van der Waals surface area contributed by atoms with Crippen LogP contribution in [0.1, 0.15) is 30.5 Å². The molecule has 0 atom stereocenters. The van der Waals surface area contributed by atoms with Gasteiger partial charge in [-0.05, 0) is 34.9 Å². The fourth-order valence-electron chi connectivity index (χ4n) is 3.81. The van der Waals surface area contributed by atoms with E-state index in [9.17, 15) is 4.39 Å². The number of rotatable bonds is 1. The molecule has 0 N–H and O–H groups in total. The van der Waals surface area contributed by atoms with Gasteiger partial charge in [-0.25, -0.2) is 4.39 Å². The Morgan fingerprint density at radius 1 is 0.917 bits per heavy atom. The van der Waals surface area contributed by atoms with Crippen LogP contribution in [-0.4, -0.2) is 4.98 Å². The second-order valence-corrected chi connectivity index (χ2v) is 6.53. The lowest BCUT2D eigenvalue weighted by atomic mass is 9.79. The van der Waals surface area contributed by atoms with Gasteiger partial charge in [0.05, 0.1) is 11.3 Å². The Morgan fingerprint density at radius 2 is 1.67 bits per heavy atom. The van der Waals surface area contributed by atoms with Gasteiger partial charge in [0.25, 0.3) is 0 Å². The van der Waals surface area contributed by atoms with E-state index in [1.54, 1.807) is 12.3 Å². The number of benzene rings is 2. The van der Waals surface area contributed by atoms with Gasteiger partial charge in [0.1, 0.15) is 11.9 Å². The lowest BCUT2D eigenvalue weighted by Gasteiger charge is -2.24. The van der Waals surface area contributed by atoms with Crippen LogP contribution in [0.5, 0.6) is 0 Å². The van der Waals surface area contributed by atoms with E-state index < -0.39 is 11.2 Å². The molecule has 0 amide bonds. The summed E-state index contributed by atoms with van der Waals surface area (Å²) in [4.78, 5) is 4.46. The zero-order valence-electron chi connectivity index (χ0n) is 13.5. The minimum atomic E-state index is -0.532. The number of hydrogen-bond acceptors (Lipinski definition) is 2.